The zero-order valence-corrected chi connectivity index (χ0v) is 27.7. The highest BCUT2D eigenvalue weighted by Crippen LogP contribution is 2.67. The van der Waals surface area contributed by atoms with Crippen molar-refractivity contribution in [3.63, 3.8) is 0 Å². The Hall–Kier alpha value is -4.43. The third-order valence-electron chi connectivity index (χ3n) is 11.5. The average molecular weight is 683 g/mol. The first-order valence-electron chi connectivity index (χ1n) is 16.4. The molecule has 0 spiro atoms. The van der Waals surface area contributed by atoms with Crippen molar-refractivity contribution in [3.05, 3.63) is 57.7 Å². The van der Waals surface area contributed by atoms with Gasteiger partial charge < -0.3 is 30.1 Å². The lowest BCUT2D eigenvalue weighted by molar-refractivity contribution is -0.385. The Labute approximate surface area is 282 Å². The molecule has 0 radical (unpaired) electrons. The van der Waals surface area contributed by atoms with Gasteiger partial charge in [0.15, 0.2) is 18.1 Å². The molecule has 49 heavy (non-hydrogen) atoms. The third kappa shape index (κ3) is 6.51. The SMILES string of the molecule is COC(=O)C(Cc1ccc(O)c([N+](=O)[O-])c1)NC(=O)CCC(=O)OCC(=O)C1(O)CCC2C3CCC4=CC(=O)C=CC4(C)C3C(O)CC21C. The molecule has 1 amide bonds. The summed E-state index contributed by atoms with van der Waals surface area (Å²) in [7, 11) is 1.10. The number of Topliss-reactive ketones (excluding diaryl/α,β-unsaturated/α-hetero) is 1. The number of fused-ring (bicyclic) bond motifs is 5. The number of amides is 1. The lowest BCUT2D eigenvalue weighted by Gasteiger charge is -2.59. The van der Waals surface area contributed by atoms with Crippen molar-refractivity contribution in [3.8, 4) is 5.75 Å². The van der Waals surface area contributed by atoms with Gasteiger partial charge in [-0.25, -0.2) is 4.79 Å². The number of benzene rings is 1. The number of rotatable bonds is 11. The molecule has 0 heterocycles. The summed E-state index contributed by atoms with van der Waals surface area (Å²) in [6, 6.07) is 2.27. The Morgan fingerprint density at radius 3 is 2.59 bits per heavy atom. The number of ketones is 2. The number of hydrogen-bond acceptors (Lipinski definition) is 12. The number of nitrogens with one attached hydrogen (secondary N) is 1. The van der Waals surface area contributed by atoms with Gasteiger partial charge in [-0.15, -0.1) is 0 Å². The molecule has 3 saturated carbocycles. The number of methoxy groups -OCH3 is 1. The molecule has 14 heteroatoms. The van der Waals surface area contributed by atoms with Crippen LogP contribution in [0.1, 0.15) is 64.4 Å². The van der Waals surface area contributed by atoms with Crippen LogP contribution < -0.4 is 5.32 Å². The van der Waals surface area contributed by atoms with E-state index in [4.69, 9.17) is 9.47 Å². The molecular formula is C35H42N2O12. The van der Waals surface area contributed by atoms with Crippen molar-refractivity contribution in [2.75, 3.05) is 13.7 Å². The number of ether oxygens (including phenoxy) is 2. The predicted molar refractivity (Wildman–Crippen MR) is 171 cm³/mol. The number of carbonyl (C=O) groups is 5. The number of nitrogens with zero attached hydrogens (tertiary/aromatic N) is 1. The minimum absolute atomic E-state index is 0.00890. The van der Waals surface area contributed by atoms with E-state index in [1.807, 2.05) is 19.9 Å². The molecule has 0 aromatic heterocycles. The van der Waals surface area contributed by atoms with Crippen LogP contribution >= 0.6 is 0 Å². The van der Waals surface area contributed by atoms with Gasteiger partial charge in [0.1, 0.15) is 11.6 Å². The van der Waals surface area contributed by atoms with Crippen LogP contribution in [-0.2, 0) is 39.9 Å². The predicted octanol–water partition coefficient (Wildman–Crippen LogP) is 2.40. The summed E-state index contributed by atoms with van der Waals surface area (Å²) in [4.78, 5) is 73.5. The molecule has 1 aromatic carbocycles. The number of carbonyl (C=O) groups excluding carboxylic acids is 5. The standard InChI is InChI=1S/C35H42N2O12/c1-33-12-10-21(38)16-20(33)5-6-22-23-11-13-35(45,34(23,2)17-27(40)31(22)33)28(41)18-49-30(43)9-8-29(42)36-24(32(44)48-3)14-19-4-7-26(39)25(15-19)37(46)47/h4,7,10,12,15-16,22-24,27,31,39-40,45H,5-6,8-9,11,13-14,17-18H2,1-3H3,(H,36,42). The topological polar surface area (TPSA) is 220 Å². The van der Waals surface area contributed by atoms with E-state index in [9.17, 15) is 49.4 Å². The second kappa shape index (κ2) is 13.5. The summed E-state index contributed by atoms with van der Waals surface area (Å²) in [5, 5.41) is 46.6. The van der Waals surface area contributed by atoms with Gasteiger partial charge in [0, 0.05) is 35.7 Å². The molecule has 3 fully saturated rings. The van der Waals surface area contributed by atoms with Crippen molar-refractivity contribution in [1.29, 1.82) is 0 Å². The molecular weight excluding hydrogens is 640 g/mol. The van der Waals surface area contributed by atoms with Gasteiger partial charge >= 0.3 is 17.6 Å². The number of aliphatic hydroxyl groups is 2. The first-order chi connectivity index (χ1) is 23.0. The van der Waals surface area contributed by atoms with E-state index in [1.165, 1.54) is 6.07 Å². The van der Waals surface area contributed by atoms with Crippen LogP contribution in [-0.4, -0.2) is 81.1 Å². The highest BCUT2D eigenvalue weighted by Gasteiger charge is 2.68. The molecule has 0 saturated heterocycles. The minimum atomic E-state index is -1.84. The smallest absolute Gasteiger partial charge is 0.328 e. The fourth-order valence-electron chi connectivity index (χ4n) is 9.02. The Morgan fingerprint density at radius 2 is 1.90 bits per heavy atom. The number of phenolic OH excluding ortho intramolecular Hbond substituents is 1. The van der Waals surface area contributed by atoms with Crippen molar-refractivity contribution in [1.82, 2.24) is 5.32 Å². The molecule has 0 bridgehead atoms. The number of nitro groups is 1. The number of phenols is 1. The van der Waals surface area contributed by atoms with Gasteiger partial charge in [-0.1, -0.05) is 31.6 Å². The average Bonchev–Trinajstić information content (AvgIpc) is 3.33. The molecule has 8 atom stereocenters. The van der Waals surface area contributed by atoms with Gasteiger partial charge in [0.05, 0.1) is 24.6 Å². The normalized spacial score (nSPS) is 32.1. The fourth-order valence-corrected chi connectivity index (χ4v) is 9.02. The first-order valence-corrected chi connectivity index (χ1v) is 16.4. The number of hydrogen-bond donors (Lipinski definition) is 4. The minimum Gasteiger partial charge on any atom is -0.502 e. The summed E-state index contributed by atoms with van der Waals surface area (Å²) >= 11 is 0. The van der Waals surface area contributed by atoms with Crippen molar-refractivity contribution in [2.24, 2.45) is 28.6 Å². The molecule has 4 N–H and O–H groups in total. The van der Waals surface area contributed by atoms with E-state index in [-0.39, 0.29) is 48.4 Å². The summed E-state index contributed by atoms with van der Waals surface area (Å²) in [6.45, 7) is 3.13. The second-order valence-corrected chi connectivity index (χ2v) is 14.1. The van der Waals surface area contributed by atoms with Crippen molar-refractivity contribution in [2.45, 2.75) is 83.0 Å². The zero-order valence-electron chi connectivity index (χ0n) is 27.7. The van der Waals surface area contributed by atoms with Crippen LogP contribution in [0.25, 0.3) is 0 Å². The van der Waals surface area contributed by atoms with Crippen LogP contribution in [0, 0.1) is 38.7 Å². The van der Waals surface area contributed by atoms with Crippen LogP contribution in [0.5, 0.6) is 5.75 Å². The van der Waals surface area contributed by atoms with Crippen LogP contribution in [0.3, 0.4) is 0 Å². The van der Waals surface area contributed by atoms with Gasteiger partial charge in [-0.05, 0) is 67.7 Å². The van der Waals surface area contributed by atoms with E-state index in [0.29, 0.717) is 12.8 Å². The van der Waals surface area contributed by atoms with Crippen molar-refractivity contribution < 1.29 is 53.7 Å². The number of aliphatic hydroxyl groups excluding tert-OH is 1. The number of nitro benzene ring substituents is 1. The summed E-state index contributed by atoms with van der Waals surface area (Å²) in [5.41, 5.74) is -2.61. The van der Waals surface area contributed by atoms with Crippen LogP contribution in [0.15, 0.2) is 42.0 Å². The third-order valence-corrected chi connectivity index (χ3v) is 11.5. The highest BCUT2D eigenvalue weighted by atomic mass is 16.6. The van der Waals surface area contributed by atoms with Crippen LogP contribution in [0.2, 0.25) is 0 Å². The Bertz CT molecular complexity index is 1640. The monoisotopic (exact) mass is 682 g/mol. The van der Waals surface area contributed by atoms with Gasteiger partial charge in [0.25, 0.3) is 0 Å². The summed E-state index contributed by atoms with van der Waals surface area (Å²) < 4.78 is 9.91. The molecule has 4 aliphatic carbocycles. The van der Waals surface area contributed by atoms with E-state index < -0.39 is 88.0 Å². The fraction of sp³-hybridized carbons (Fsp3) is 0.571. The second-order valence-electron chi connectivity index (χ2n) is 14.1. The molecule has 4 aliphatic rings. The van der Waals surface area contributed by atoms with E-state index >= 15 is 0 Å². The Kier molecular flexibility index (Phi) is 9.86. The summed E-state index contributed by atoms with van der Waals surface area (Å²) in [5.74, 6) is -3.98. The molecule has 264 valence electrons. The van der Waals surface area contributed by atoms with Crippen molar-refractivity contribution >= 4 is 35.1 Å². The molecule has 5 rings (SSSR count). The van der Waals surface area contributed by atoms with E-state index in [0.717, 1.165) is 31.2 Å². The molecule has 1 aromatic rings. The number of esters is 2. The maximum absolute atomic E-state index is 13.5. The van der Waals surface area contributed by atoms with Gasteiger partial charge in [-0.3, -0.25) is 29.3 Å². The lowest BCUT2D eigenvalue weighted by atomic mass is 9.46. The van der Waals surface area contributed by atoms with E-state index in [2.05, 4.69) is 5.32 Å². The van der Waals surface area contributed by atoms with E-state index in [1.54, 1.807) is 12.2 Å². The lowest BCUT2D eigenvalue weighted by Crippen LogP contribution is -2.61. The largest absolute Gasteiger partial charge is 0.502 e. The van der Waals surface area contributed by atoms with Gasteiger partial charge in [0.2, 0.25) is 11.7 Å². The van der Waals surface area contributed by atoms with Crippen LogP contribution in [0.4, 0.5) is 5.69 Å². The molecule has 8 unspecified atom stereocenters. The Balaban J connectivity index is 1.16. The highest BCUT2D eigenvalue weighted by molar-refractivity contribution is 6.01. The quantitative estimate of drug-likeness (QED) is 0.150. The first kappa shape index (κ1) is 35.9. The molecule has 14 nitrogen and oxygen atoms in total. The van der Waals surface area contributed by atoms with Gasteiger partial charge in [-0.2, -0.15) is 0 Å². The molecule has 0 aliphatic heterocycles. The zero-order chi connectivity index (χ0) is 35.9. The summed E-state index contributed by atoms with van der Waals surface area (Å²) in [6.07, 6.45) is 5.48. The Morgan fingerprint density at radius 1 is 1.16 bits per heavy atom. The number of allylic oxidation sites excluding steroid dienone is 4. The maximum Gasteiger partial charge on any atom is 0.328 e. The maximum atomic E-state index is 13.5. The number of aromatic hydroxyl groups is 1.